The maximum absolute atomic E-state index is 3.59. The van der Waals surface area contributed by atoms with Gasteiger partial charge in [-0.15, -0.1) is 11.8 Å². The Kier molecular flexibility index (Phi) is 2.84. The zero-order valence-corrected chi connectivity index (χ0v) is 9.82. The van der Waals surface area contributed by atoms with Crippen molar-refractivity contribution in [1.29, 1.82) is 0 Å². The quantitative estimate of drug-likeness (QED) is 0.759. The van der Waals surface area contributed by atoms with Crippen LogP contribution < -0.4 is 5.32 Å². The van der Waals surface area contributed by atoms with Crippen molar-refractivity contribution in [2.45, 2.75) is 32.2 Å². The van der Waals surface area contributed by atoms with Gasteiger partial charge in [-0.1, -0.05) is 29.3 Å². The number of thioether (sulfide) groups is 1. The van der Waals surface area contributed by atoms with E-state index >= 15 is 0 Å². The van der Waals surface area contributed by atoms with Gasteiger partial charge < -0.3 is 0 Å². The van der Waals surface area contributed by atoms with E-state index in [1.807, 2.05) is 11.8 Å². The SMILES string of the molecule is Cc1cc(C)cc(C2NC(C)CS2)c1. The molecule has 0 aromatic heterocycles. The number of rotatable bonds is 1. The summed E-state index contributed by atoms with van der Waals surface area (Å²) in [5.41, 5.74) is 4.15. The minimum Gasteiger partial charge on any atom is -0.298 e. The van der Waals surface area contributed by atoms with Gasteiger partial charge in [0.05, 0.1) is 5.37 Å². The van der Waals surface area contributed by atoms with Crippen molar-refractivity contribution in [1.82, 2.24) is 5.32 Å². The van der Waals surface area contributed by atoms with Gasteiger partial charge in [0, 0.05) is 11.8 Å². The Bertz CT molecular complexity index is 315. The monoisotopic (exact) mass is 207 g/mol. The lowest BCUT2D eigenvalue weighted by Crippen LogP contribution is -2.21. The molecule has 1 N–H and O–H groups in total. The van der Waals surface area contributed by atoms with E-state index < -0.39 is 0 Å². The Morgan fingerprint density at radius 1 is 1.21 bits per heavy atom. The maximum atomic E-state index is 3.59. The zero-order chi connectivity index (χ0) is 10.1. The van der Waals surface area contributed by atoms with E-state index in [-0.39, 0.29) is 0 Å². The molecular formula is C12H17NS. The van der Waals surface area contributed by atoms with E-state index in [0.717, 1.165) is 0 Å². The molecule has 1 aromatic carbocycles. The number of hydrogen-bond donors (Lipinski definition) is 1. The summed E-state index contributed by atoms with van der Waals surface area (Å²) in [4.78, 5) is 0. The number of hydrogen-bond acceptors (Lipinski definition) is 2. The van der Waals surface area contributed by atoms with Gasteiger partial charge in [-0.25, -0.2) is 0 Å². The molecule has 0 saturated carbocycles. The molecule has 1 saturated heterocycles. The second-order valence-electron chi connectivity index (χ2n) is 4.20. The summed E-state index contributed by atoms with van der Waals surface area (Å²) in [5, 5.41) is 4.09. The molecule has 1 aromatic rings. The molecule has 1 aliphatic rings. The summed E-state index contributed by atoms with van der Waals surface area (Å²) in [6.45, 7) is 6.58. The molecule has 14 heavy (non-hydrogen) atoms. The van der Waals surface area contributed by atoms with Crippen LogP contribution in [-0.2, 0) is 0 Å². The fourth-order valence-electron chi connectivity index (χ4n) is 1.95. The average molecular weight is 207 g/mol. The van der Waals surface area contributed by atoms with Gasteiger partial charge in [-0.3, -0.25) is 5.32 Å². The van der Waals surface area contributed by atoms with Crippen LogP contribution in [-0.4, -0.2) is 11.8 Å². The molecule has 0 aliphatic carbocycles. The highest BCUT2D eigenvalue weighted by Gasteiger charge is 2.22. The maximum Gasteiger partial charge on any atom is 0.0792 e. The van der Waals surface area contributed by atoms with Crippen molar-refractivity contribution in [3.05, 3.63) is 34.9 Å². The van der Waals surface area contributed by atoms with Crippen molar-refractivity contribution in [2.75, 3.05) is 5.75 Å². The van der Waals surface area contributed by atoms with Gasteiger partial charge in [0.25, 0.3) is 0 Å². The van der Waals surface area contributed by atoms with Crippen LogP contribution in [0.1, 0.15) is 29.0 Å². The van der Waals surface area contributed by atoms with Crippen molar-refractivity contribution in [3.8, 4) is 0 Å². The summed E-state index contributed by atoms with van der Waals surface area (Å²) >= 11 is 2.01. The van der Waals surface area contributed by atoms with E-state index in [2.05, 4.69) is 44.3 Å². The van der Waals surface area contributed by atoms with Crippen molar-refractivity contribution in [3.63, 3.8) is 0 Å². The van der Waals surface area contributed by atoms with Crippen LogP contribution in [0.3, 0.4) is 0 Å². The molecule has 1 aliphatic heterocycles. The largest absolute Gasteiger partial charge is 0.298 e. The Hall–Kier alpha value is -0.470. The molecule has 2 rings (SSSR count). The van der Waals surface area contributed by atoms with Crippen LogP contribution in [0.15, 0.2) is 18.2 Å². The third kappa shape index (κ3) is 2.12. The van der Waals surface area contributed by atoms with E-state index in [0.29, 0.717) is 11.4 Å². The normalized spacial score (nSPS) is 26.8. The Morgan fingerprint density at radius 3 is 2.36 bits per heavy atom. The second-order valence-corrected chi connectivity index (χ2v) is 5.34. The van der Waals surface area contributed by atoms with Crippen molar-refractivity contribution in [2.24, 2.45) is 0 Å². The number of aryl methyl sites for hydroxylation is 2. The van der Waals surface area contributed by atoms with Gasteiger partial charge in [0.1, 0.15) is 0 Å². The second kappa shape index (κ2) is 3.95. The van der Waals surface area contributed by atoms with Gasteiger partial charge >= 0.3 is 0 Å². The molecule has 76 valence electrons. The molecule has 1 heterocycles. The molecule has 1 fully saturated rings. The molecular weight excluding hydrogens is 190 g/mol. The van der Waals surface area contributed by atoms with Crippen LogP contribution >= 0.6 is 11.8 Å². The fourth-order valence-corrected chi connectivity index (χ4v) is 3.18. The van der Waals surface area contributed by atoms with Gasteiger partial charge in [-0.05, 0) is 26.3 Å². The molecule has 0 amide bonds. The third-order valence-corrected chi connectivity index (χ3v) is 3.93. The summed E-state index contributed by atoms with van der Waals surface area (Å²) in [7, 11) is 0. The molecule has 1 nitrogen and oxygen atoms in total. The molecule has 2 unspecified atom stereocenters. The smallest absolute Gasteiger partial charge is 0.0792 e. The highest BCUT2D eigenvalue weighted by Crippen LogP contribution is 2.33. The van der Waals surface area contributed by atoms with Crippen LogP contribution in [0.4, 0.5) is 0 Å². The Balaban J connectivity index is 2.23. The summed E-state index contributed by atoms with van der Waals surface area (Å²) in [5.74, 6) is 1.22. The van der Waals surface area contributed by atoms with Crippen molar-refractivity contribution >= 4 is 11.8 Å². The fraction of sp³-hybridized carbons (Fsp3) is 0.500. The minimum absolute atomic E-state index is 0.503. The first kappa shape index (κ1) is 10.1. The first-order chi connectivity index (χ1) is 6.65. The van der Waals surface area contributed by atoms with E-state index in [1.54, 1.807) is 0 Å². The highest BCUT2D eigenvalue weighted by molar-refractivity contribution is 7.99. The lowest BCUT2D eigenvalue weighted by molar-refractivity contribution is 0.618. The van der Waals surface area contributed by atoms with E-state index in [4.69, 9.17) is 0 Å². The van der Waals surface area contributed by atoms with Crippen LogP contribution in [0.25, 0.3) is 0 Å². The predicted octanol–water partition coefficient (Wildman–Crippen LogP) is 3.03. The Morgan fingerprint density at radius 2 is 1.86 bits per heavy atom. The van der Waals surface area contributed by atoms with E-state index in [9.17, 15) is 0 Å². The first-order valence-corrected chi connectivity index (χ1v) is 6.16. The van der Waals surface area contributed by atoms with Gasteiger partial charge in [0.15, 0.2) is 0 Å². The van der Waals surface area contributed by atoms with Gasteiger partial charge in [0.2, 0.25) is 0 Å². The molecule has 0 bridgehead atoms. The predicted molar refractivity (Wildman–Crippen MR) is 63.7 cm³/mol. The van der Waals surface area contributed by atoms with Crippen LogP contribution in [0, 0.1) is 13.8 Å². The first-order valence-electron chi connectivity index (χ1n) is 5.11. The number of benzene rings is 1. The standard InChI is InChI=1S/C12H17NS/c1-8-4-9(2)6-11(5-8)12-13-10(3)7-14-12/h4-6,10,12-13H,7H2,1-3H3. The summed E-state index contributed by atoms with van der Waals surface area (Å²) in [6.07, 6.45) is 0. The molecule has 2 heteroatoms. The third-order valence-electron chi connectivity index (χ3n) is 2.50. The summed E-state index contributed by atoms with van der Waals surface area (Å²) < 4.78 is 0. The van der Waals surface area contributed by atoms with Crippen LogP contribution in [0.5, 0.6) is 0 Å². The molecule has 0 spiro atoms. The van der Waals surface area contributed by atoms with Crippen LogP contribution in [0.2, 0.25) is 0 Å². The Labute approximate surface area is 90.3 Å². The summed E-state index contributed by atoms with van der Waals surface area (Å²) in [6, 6.07) is 7.45. The highest BCUT2D eigenvalue weighted by atomic mass is 32.2. The van der Waals surface area contributed by atoms with E-state index in [1.165, 1.54) is 22.4 Å². The topological polar surface area (TPSA) is 12.0 Å². The lowest BCUT2D eigenvalue weighted by atomic mass is 10.1. The zero-order valence-electron chi connectivity index (χ0n) is 9.00. The minimum atomic E-state index is 0.503. The number of nitrogens with one attached hydrogen (secondary N) is 1. The average Bonchev–Trinajstić information content (AvgIpc) is 2.50. The molecule has 2 atom stereocenters. The van der Waals surface area contributed by atoms with Gasteiger partial charge in [-0.2, -0.15) is 0 Å². The van der Waals surface area contributed by atoms with Crippen molar-refractivity contribution < 1.29 is 0 Å². The lowest BCUT2D eigenvalue weighted by Gasteiger charge is -2.12. The molecule has 0 radical (unpaired) electrons.